The second-order valence-electron chi connectivity index (χ2n) is 5.19. The molecule has 0 spiro atoms. The Morgan fingerprint density at radius 1 is 1.06 bits per heavy atom. The lowest BCUT2D eigenvalue weighted by atomic mass is 9.98. The van der Waals surface area contributed by atoms with Gasteiger partial charge in [0.05, 0.1) is 11.6 Å². The summed E-state index contributed by atoms with van der Waals surface area (Å²) in [5.41, 5.74) is 2.11. The highest BCUT2D eigenvalue weighted by Crippen LogP contribution is 2.25. The van der Waals surface area contributed by atoms with Gasteiger partial charge in [-0.2, -0.15) is 0 Å². The number of aryl methyl sites for hydroxylation is 1. The Labute approximate surface area is 108 Å². The highest BCUT2D eigenvalue weighted by atomic mass is 16.5. The first kappa shape index (κ1) is 11.5. The van der Waals surface area contributed by atoms with Crippen molar-refractivity contribution >= 4 is 10.9 Å². The molecule has 3 rings (SSSR count). The summed E-state index contributed by atoms with van der Waals surface area (Å²) in [6, 6.07) is 10.4. The molecule has 18 heavy (non-hydrogen) atoms. The Hall–Kier alpha value is -1.57. The predicted molar refractivity (Wildman–Crippen MR) is 74.0 cm³/mol. The van der Waals surface area contributed by atoms with Crippen molar-refractivity contribution in [3.05, 3.63) is 36.0 Å². The van der Waals surface area contributed by atoms with E-state index in [1.54, 1.807) is 0 Å². The van der Waals surface area contributed by atoms with E-state index in [9.17, 15) is 0 Å². The molecule has 0 unspecified atom stereocenters. The Morgan fingerprint density at radius 2 is 1.89 bits per heavy atom. The molecular weight excluding hydrogens is 222 g/mol. The predicted octanol–water partition coefficient (Wildman–Crippen LogP) is 4.25. The normalized spacial score (nSPS) is 16.9. The van der Waals surface area contributed by atoms with Gasteiger partial charge in [-0.1, -0.05) is 12.5 Å². The monoisotopic (exact) mass is 241 g/mol. The van der Waals surface area contributed by atoms with Crippen molar-refractivity contribution in [2.75, 3.05) is 0 Å². The average molecular weight is 241 g/mol. The summed E-state index contributed by atoms with van der Waals surface area (Å²) in [6.45, 7) is 2.02. The van der Waals surface area contributed by atoms with E-state index < -0.39 is 0 Å². The summed E-state index contributed by atoms with van der Waals surface area (Å²) in [5.74, 6) is 0.986. The minimum absolute atomic E-state index is 0.412. The van der Waals surface area contributed by atoms with E-state index >= 15 is 0 Å². The maximum Gasteiger partial charge on any atom is 0.120 e. The van der Waals surface area contributed by atoms with E-state index in [0.29, 0.717) is 6.10 Å². The van der Waals surface area contributed by atoms with Crippen molar-refractivity contribution in [2.24, 2.45) is 0 Å². The molecule has 94 valence electrons. The molecule has 1 aliphatic carbocycles. The molecule has 1 aromatic heterocycles. The van der Waals surface area contributed by atoms with Gasteiger partial charge in [0, 0.05) is 11.1 Å². The van der Waals surface area contributed by atoms with Crippen molar-refractivity contribution in [1.82, 2.24) is 4.98 Å². The van der Waals surface area contributed by atoms with Crippen LogP contribution in [0.3, 0.4) is 0 Å². The van der Waals surface area contributed by atoms with E-state index in [1.807, 2.05) is 19.1 Å². The van der Waals surface area contributed by atoms with Crippen LogP contribution in [0.1, 0.15) is 37.8 Å². The third-order valence-corrected chi connectivity index (χ3v) is 3.65. The van der Waals surface area contributed by atoms with Crippen LogP contribution in [0.2, 0.25) is 0 Å². The Bertz CT molecular complexity index is 544. The van der Waals surface area contributed by atoms with Gasteiger partial charge in [0.1, 0.15) is 5.75 Å². The number of hydrogen-bond donors (Lipinski definition) is 0. The smallest absolute Gasteiger partial charge is 0.120 e. The third-order valence-electron chi connectivity index (χ3n) is 3.65. The van der Waals surface area contributed by atoms with E-state index in [-0.39, 0.29) is 0 Å². The van der Waals surface area contributed by atoms with Gasteiger partial charge in [0.25, 0.3) is 0 Å². The summed E-state index contributed by atoms with van der Waals surface area (Å²) in [6.07, 6.45) is 6.78. The summed E-state index contributed by atoms with van der Waals surface area (Å²) in [5, 5.41) is 1.16. The number of rotatable bonds is 2. The molecular formula is C16H19NO. The van der Waals surface area contributed by atoms with E-state index in [0.717, 1.165) is 22.3 Å². The second-order valence-corrected chi connectivity index (χ2v) is 5.19. The molecule has 1 aromatic carbocycles. The first-order valence-electron chi connectivity index (χ1n) is 6.85. The number of aromatic nitrogens is 1. The van der Waals surface area contributed by atoms with Crippen LogP contribution in [-0.2, 0) is 0 Å². The molecule has 2 aromatic rings. The summed E-state index contributed by atoms with van der Waals surface area (Å²) >= 11 is 0. The molecule has 0 bridgehead atoms. The van der Waals surface area contributed by atoms with Crippen molar-refractivity contribution in [3.63, 3.8) is 0 Å². The first-order chi connectivity index (χ1) is 8.81. The number of pyridine rings is 1. The van der Waals surface area contributed by atoms with Gasteiger partial charge in [0.15, 0.2) is 0 Å². The zero-order chi connectivity index (χ0) is 12.4. The van der Waals surface area contributed by atoms with Gasteiger partial charge < -0.3 is 4.74 Å². The minimum Gasteiger partial charge on any atom is -0.490 e. The molecule has 0 saturated heterocycles. The van der Waals surface area contributed by atoms with E-state index in [4.69, 9.17) is 4.74 Å². The quantitative estimate of drug-likeness (QED) is 0.784. The second kappa shape index (κ2) is 4.97. The van der Waals surface area contributed by atoms with Gasteiger partial charge in [-0.25, -0.2) is 0 Å². The molecule has 0 aliphatic heterocycles. The van der Waals surface area contributed by atoms with Gasteiger partial charge in [-0.15, -0.1) is 0 Å². The Balaban J connectivity index is 1.82. The van der Waals surface area contributed by atoms with Crippen LogP contribution in [0.25, 0.3) is 10.9 Å². The summed E-state index contributed by atoms with van der Waals surface area (Å²) < 4.78 is 6.07. The molecule has 2 nitrogen and oxygen atoms in total. The maximum atomic E-state index is 6.07. The van der Waals surface area contributed by atoms with Crippen LogP contribution >= 0.6 is 0 Å². The van der Waals surface area contributed by atoms with Gasteiger partial charge in [0.2, 0.25) is 0 Å². The van der Waals surface area contributed by atoms with Crippen LogP contribution in [0.5, 0.6) is 5.75 Å². The fraction of sp³-hybridized carbons (Fsp3) is 0.438. The third kappa shape index (κ3) is 2.47. The lowest BCUT2D eigenvalue weighted by Gasteiger charge is -2.23. The standard InChI is InChI=1S/C16H19NO/c1-12-7-8-13-11-15(9-10-16(13)17-12)18-14-5-3-2-4-6-14/h7-11,14H,2-6H2,1H3. The maximum absolute atomic E-state index is 6.07. The SMILES string of the molecule is Cc1ccc2cc(OC3CCCCC3)ccc2n1. The average Bonchev–Trinajstić information content (AvgIpc) is 2.40. The number of hydrogen-bond acceptors (Lipinski definition) is 2. The lowest BCUT2D eigenvalue weighted by Crippen LogP contribution is -2.19. The van der Waals surface area contributed by atoms with Crippen molar-refractivity contribution in [2.45, 2.75) is 45.1 Å². The fourth-order valence-corrected chi connectivity index (χ4v) is 2.65. The molecule has 0 amide bonds. The summed E-state index contributed by atoms with van der Waals surface area (Å²) in [7, 11) is 0. The number of fused-ring (bicyclic) bond motifs is 1. The van der Waals surface area contributed by atoms with Crippen LogP contribution < -0.4 is 4.74 Å². The number of ether oxygens (including phenoxy) is 1. The largest absolute Gasteiger partial charge is 0.490 e. The van der Waals surface area contributed by atoms with Crippen LogP contribution in [0, 0.1) is 6.92 Å². The van der Waals surface area contributed by atoms with Crippen LogP contribution in [0.15, 0.2) is 30.3 Å². The van der Waals surface area contributed by atoms with E-state index in [1.165, 1.54) is 32.1 Å². The van der Waals surface area contributed by atoms with Crippen molar-refractivity contribution in [3.8, 4) is 5.75 Å². The Morgan fingerprint density at radius 3 is 2.72 bits per heavy atom. The fourth-order valence-electron chi connectivity index (χ4n) is 2.65. The molecule has 1 fully saturated rings. The molecule has 0 N–H and O–H groups in total. The molecule has 1 aliphatic rings. The van der Waals surface area contributed by atoms with Gasteiger partial charge >= 0.3 is 0 Å². The van der Waals surface area contributed by atoms with Crippen molar-refractivity contribution in [1.29, 1.82) is 0 Å². The van der Waals surface area contributed by atoms with Crippen molar-refractivity contribution < 1.29 is 4.74 Å². The Kier molecular flexibility index (Phi) is 3.18. The zero-order valence-electron chi connectivity index (χ0n) is 10.9. The van der Waals surface area contributed by atoms with Crippen LogP contribution in [0.4, 0.5) is 0 Å². The number of benzene rings is 1. The minimum atomic E-state index is 0.412. The molecule has 1 saturated carbocycles. The molecule has 0 atom stereocenters. The van der Waals surface area contributed by atoms with Gasteiger partial charge in [-0.3, -0.25) is 4.98 Å². The number of nitrogens with zero attached hydrogens (tertiary/aromatic N) is 1. The zero-order valence-corrected chi connectivity index (χ0v) is 10.9. The first-order valence-corrected chi connectivity index (χ1v) is 6.85. The molecule has 2 heteroatoms. The molecule has 1 heterocycles. The van der Waals surface area contributed by atoms with E-state index in [2.05, 4.69) is 23.2 Å². The highest BCUT2D eigenvalue weighted by Gasteiger charge is 2.14. The summed E-state index contributed by atoms with van der Waals surface area (Å²) in [4.78, 5) is 4.51. The van der Waals surface area contributed by atoms with Gasteiger partial charge in [-0.05, 0) is 56.9 Å². The topological polar surface area (TPSA) is 22.1 Å². The van der Waals surface area contributed by atoms with Crippen LogP contribution in [-0.4, -0.2) is 11.1 Å². The molecule has 0 radical (unpaired) electrons. The lowest BCUT2D eigenvalue weighted by molar-refractivity contribution is 0.155. The highest BCUT2D eigenvalue weighted by molar-refractivity contribution is 5.80.